The molecule has 2 N–H and O–H groups in total. The molecule has 144 valence electrons. The van der Waals surface area contributed by atoms with Crippen molar-refractivity contribution in [3.05, 3.63) is 45.4 Å². The fourth-order valence-corrected chi connectivity index (χ4v) is 5.53. The van der Waals surface area contributed by atoms with Gasteiger partial charge in [0.15, 0.2) is 0 Å². The number of hydrogen-bond donors (Lipinski definition) is 2. The Kier molecular flexibility index (Phi) is 4.41. The maximum Gasteiger partial charge on any atom is 0.309 e. The number of carbonyl (C=O) groups is 2. The Morgan fingerprint density at radius 3 is 2.41 bits per heavy atom. The van der Waals surface area contributed by atoms with Crippen molar-refractivity contribution >= 4 is 23.2 Å². The SMILES string of the molecule is Cc1cc(C(=O)NC23CCC(C(=O)O)(CC2)CC3)c(C)n1Cc1cccs1. The molecule has 2 aromatic rings. The Labute approximate surface area is 163 Å². The minimum absolute atomic E-state index is 0.0229. The number of amides is 1. The number of nitrogens with zero attached hydrogens (tertiary/aromatic N) is 1. The van der Waals surface area contributed by atoms with Gasteiger partial charge in [0, 0.05) is 21.8 Å². The normalized spacial score (nSPS) is 26.9. The van der Waals surface area contributed by atoms with Gasteiger partial charge in [-0.1, -0.05) is 6.07 Å². The number of aryl methyl sites for hydroxylation is 1. The largest absolute Gasteiger partial charge is 0.481 e. The first-order valence-corrected chi connectivity index (χ1v) is 10.5. The van der Waals surface area contributed by atoms with Crippen LogP contribution in [-0.4, -0.2) is 27.1 Å². The first-order chi connectivity index (χ1) is 12.8. The van der Waals surface area contributed by atoms with Crippen LogP contribution in [-0.2, 0) is 11.3 Å². The summed E-state index contributed by atoms with van der Waals surface area (Å²) in [6, 6.07) is 6.13. The van der Waals surface area contributed by atoms with Crippen molar-refractivity contribution in [2.75, 3.05) is 0 Å². The molecule has 2 aromatic heterocycles. The lowest BCUT2D eigenvalue weighted by molar-refractivity contribution is -0.156. The van der Waals surface area contributed by atoms with Crippen LogP contribution in [0.5, 0.6) is 0 Å². The van der Waals surface area contributed by atoms with E-state index in [1.54, 1.807) is 11.3 Å². The molecule has 3 aliphatic carbocycles. The van der Waals surface area contributed by atoms with Crippen molar-refractivity contribution in [1.82, 2.24) is 9.88 Å². The maximum absolute atomic E-state index is 13.1. The third kappa shape index (κ3) is 3.10. The lowest BCUT2D eigenvalue weighted by Crippen LogP contribution is -2.58. The number of carboxylic acids is 1. The summed E-state index contributed by atoms with van der Waals surface area (Å²) >= 11 is 1.72. The molecule has 0 atom stereocenters. The van der Waals surface area contributed by atoms with Crippen LogP contribution >= 0.6 is 11.3 Å². The molecule has 3 fully saturated rings. The molecule has 5 rings (SSSR count). The van der Waals surface area contributed by atoms with Crippen molar-refractivity contribution in [2.24, 2.45) is 5.41 Å². The molecular weight excluding hydrogens is 360 g/mol. The maximum atomic E-state index is 13.1. The lowest BCUT2D eigenvalue weighted by atomic mass is 9.57. The van der Waals surface area contributed by atoms with Gasteiger partial charge in [-0.15, -0.1) is 11.3 Å². The molecule has 2 heterocycles. The molecule has 0 unspecified atom stereocenters. The third-order valence-electron chi connectivity index (χ3n) is 6.79. The Morgan fingerprint density at radius 2 is 1.85 bits per heavy atom. The van der Waals surface area contributed by atoms with E-state index >= 15 is 0 Å². The first kappa shape index (κ1) is 18.3. The highest BCUT2D eigenvalue weighted by Crippen LogP contribution is 2.52. The number of nitrogens with one attached hydrogen (secondary N) is 1. The molecule has 3 aliphatic rings. The zero-order valence-corrected chi connectivity index (χ0v) is 16.7. The van der Waals surface area contributed by atoms with Crippen LogP contribution in [0.3, 0.4) is 0 Å². The highest BCUT2D eigenvalue weighted by atomic mass is 32.1. The monoisotopic (exact) mass is 386 g/mol. The number of fused-ring (bicyclic) bond motifs is 3. The molecule has 3 saturated carbocycles. The van der Waals surface area contributed by atoms with Gasteiger partial charge in [-0.2, -0.15) is 0 Å². The van der Waals surface area contributed by atoms with E-state index in [1.165, 1.54) is 4.88 Å². The predicted octanol–water partition coefficient (Wildman–Crippen LogP) is 4.12. The molecule has 0 aromatic carbocycles. The van der Waals surface area contributed by atoms with Crippen molar-refractivity contribution in [3.8, 4) is 0 Å². The van der Waals surface area contributed by atoms with E-state index in [0.717, 1.165) is 42.8 Å². The second kappa shape index (κ2) is 6.51. The van der Waals surface area contributed by atoms with Gasteiger partial charge in [-0.25, -0.2) is 0 Å². The van der Waals surface area contributed by atoms with Gasteiger partial charge in [-0.05, 0) is 69.9 Å². The highest BCUT2D eigenvalue weighted by Gasteiger charge is 2.53. The second-order valence-corrected chi connectivity index (χ2v) is 9.30. The topological polar surface area (TPSA) is 71.3 Å². The minimum Gasteiger partial charge on any atom is -0.481 e. The summed E-state index contributed by atoms with van der Waals surface area (Å²) in [5.74, 6) is -0.690. The molecule has 5 nitrogen and oxygen atoms in total. The molecular formula is C21H26N2O3S. The predicted molar refractivity (Wildman–Crippen MR) is 105 cm³/mol. The average Bonchev–Trinajstić information content (AvgIpc) is 3.26. The summed E-state index contributed by atoms with van der Waals surface area (Å²) in [5.41, 5.74) is 2.02. The minimum atomic E-state index is -0.667. The van der Waals surface area contributed by atoms with Crippen molar-refractivity contribution in [2.45, 2.75) is 64.5 Å². The number of rotatable bonds is 5. The zero-order chi connectivity index (χ0) is 19.2. The Morgan fingerprint density at radius 1 is 1.19 bits per heavy atom. The van der Waals surface area contributed by atoms with Gasteiger partial charge in [0.05, 0.1) is 17.5 Å². The van der Waals surface area contributed by atoms with E-state index < -0.39 is 11.4 Å². The van der Waals surface area contributed by atoms with E-state index in [-0.39, 0.29) is 11.4 Å². The summed E-state index contributed by atoms with van der Waals surface area (Å²) in [7, 11) is 0. The van der Waals surface area contributed by atoms with Crippen molar-refractivity contribution in [3.63, 3.8) is 0 Å². The smallest absolute Gasteiger partial charge is 0.309 e. The van der Waals surface area contributed by atoms with Crippen LogP contribution in [0.2, 0.25) is 0 Å². The number of aromatic nitrogens is 1. The van der Waals surface area contributed by atoms with Crippen LogP contribution in [0.15, 0.2) is 23.6 Å². The first-order valence-electron chi connectivity index (χ1n) is 9.59. The second-order valence-electron chi connectivity index (χ2n) is 8.27. The van der Waals surface area contributed by atoms with Crippen molar-refractivity contribution < 1.29 is 14.7 Å². The van der Waals surface area contributed by atoms with Gasteiger partial charge >= 0.3 is 5.97 Å². The van der Waals surface area contributed by atoms with Crippen LogP contribution in [0, 0.1) is 19.3 Å². The van der Waals surface area contributed by atoms with Crippen molar-refractivity contribution in [1.29, 1.82) is 0 Å². The summed E-state index contributed by atoms with van der Waals surface area (Å²) in [5, 5.41) is 14.9. The van der Waals surface area contributed by atoms with Gasteiger partial charge in [0.2, 0.25) is 0 Å². The van der Waals surface area contributed by atoms with Gasteiger partial charge < -0.3 is 15.0 Å². The third-order valence-corrected chi connectivity index (χ3v) is 7.65. The molecule has 0 saturated heterocycles. The fourth-order valence-electron chi connectivity index (χ4n) is 4.83. The van der Waals surface area contributed by atoms with Crippen LogP contribution in [0.25, 0.3) is 0 Å². The standard InChI is InChI=1S/C21H26N2O3S/c1-14-12-17(15(2)23(14)13-16-4-3-11-27-16)18(24)22-21-8-5-20(6-9-21,7-10-21)19(25)26/h3-4,11-12H,5-10,13H2,1-2H3,(H,22,24)(H,25,26). The Hall–Kier alpha value is -2.08. The zero-order valence-electron chi connectivity index (χ0n) is 15.9. The van der Waals surface area contributed by atoms with Gasteiger partial charge in [0.1, 0.15) is 0 Å². The number of carboxylic acid groups (broad SMARTS) is 1. The Balaban J connectivity index is 1.50. The number of aliphatic carboxylic acids is 1. The van der Waals surface area contributed by atoms with Crippen LogP contribution in [0.4, 0.5) is 0 Å². The van der Waals surface area contributed by atoms with E-state index in [9.17, 15) is 14.7 Å². The lowest BCUT2D eigenvalue weighted by Gasteiger charge is -2.51. The molecule has 2 bridgehead atoms. The highest BCUT2D eigenvalue weighted by molar-refractivity contribution is 7.09. The molecule has 0 spiro atoms. The van der Waals surface area contributed by atoms with E-state index in [1.807, 2.05) is 26.0 Å². The Bertz CT molecular complexity index is 857. The van der Waals surface area contributed by atoms with E-state index in [4.69, 9.17) is 0 Å². The average molecular weight is 387 g/mol. The molecule has 0 aliphatic heterocycles. The van der Waals surface area contributed by atoms with E-state index in [2.05, 4.69) is 21.3 Å². The summed E-state index contributed by atoms with van der Waals surface area (Å²) < 4.78 is 2.19. The van der Waals surface area contributed by atoms with Gasteiger partial charge in [0.25, 0.3) is 5.91 Å². The number of thiophene rings is 1. The van der Waals surface area contributed by atoms with Gasteiger partial charge in [-0.3, -0.25) is 9.59 Å². The molecule has 0 radical (unpaired) electrons. The quantitative estimate of drug-likeness (QED) is 0.812. The fraction of sp³-hybridized carbons (Fsp3) is 0.524. The summed E-state index contributed by atoms with van der Waals surface area (Å²) in [6.45, 7) is 4.83. The van der Waals surface area contributed by atoms with E-state index in [0.29, 0.717) is 19.3 Å². The molecule has 6 heteroatoms. The summed E-state index contributed by atoms with van der Waals surface area (Å²) in [4.78, 5) is 25.9. The molecule has 27 heavy (non-hydrogen) atoms. The number of hydrogen-bond acceptors (Lipinski definition) is 3. The molecule has 1 amide bonds. The number of carbonyl (C=O) groups excluding carboxylic acids is 1. The van der Waals surface area contributed by atoms with Crippen LogP contribution in [0.1, 0.15) is 65.1 Å². The summed E-state index contributed by atoms with van der Waals surface area (Å²) in [6.07, 6.45) is 4.29. The van der Waals surface area contributed by atoms with Crippen LogP contribution < -0.4 is 5.32 Å².